The molecule has 0 radical (unpaired) electrons. The average Bonchev–Trinajstić information content (AvgIpc) is 2.32. The predicted molar refractivity (Wildman–Crippen MR) is 82.0 cm³/mol. The molecule has 0 amide bonds. The van der Waals surface area contributed by atoms with Crippen LogP contribution in [0.1, 0.15) is 54.9 Å². The Morgan fingerprint density at radius 1 is 0.850 bits per heavy atom. The molecule has 4 heteroatoms. The Hall–Kier alpha value is -0.160. The summed E-state index contributed by atoms with van der Waals surface area (Å²) in [7, 11) is 0. The van der Waals surface area contributed by atoms with Crippen molar-refractivity contribution in [1.82, 2.24) is 0 Å². The van der Waals surface area contributed by atoms with Crippen molar-refractivity contribution in [3.05, 3.63) is 0 Å². The van der Waals surface area contributed by atoms with Crippen molar-refractivity contribution in [2.75, 3.05) is 26.4 Å². The lowest BCUT2D eigenvalue weighted by atomic mass is 9.93. The van der Waals surface area contributed by atoms with E-state index in [9.17, 15) is 0 Å². The second kappa shape index (κ2) is 8.98. The number of ether oxygens (including phenoxy) is 3. The van der Waals surface area contributed by atoms with Crippen LogP contribution in [-0.4, -0.2) is 49.3 Å². The minimum atomic E-state index is -0.328. The minimum absolute atomic E-state index is 0.134. The summed E-state index contributed by atoms with van der Waals surface area (Å²) >= 11 is 0. The lowest BCUT2D eigenvalue weighted by Crippen LogP contribution is -2.40. The summed E-state index contributed by atoms with van der Waals surface area (Å²) in [5.41, 5.74) is -0.507. The quantitative estimate of drug-likeness (QED) is 0.635. The second-order valence-electron chi connectivity index (χ2n) is 7.05. The summed E-state index contributed by atoms with van der Waals surface area (Å²) < 4.78 is 17.5. The molecule has 0 aromatic heterocycles. The van der Waals surface area contributed by atoms with Gasteiger partial charge in [-0.25, -0.2) is 0 Å². The van der Waals surface area contributed by atoms with E-state index in [1.165, 1.54) is 0 Å². The summed E-state index contributed by atoms with van der Waals surface area (Å²) in [6.07, 6.45) is 1.01. The highest BCUT2D eigenvalue weighted by Crippen LogP contribution is 2.24. The van der Waals surface area contributed by atoms with Gasteiger partial charge in [0.25, 0.3) is 0 Å². The van der Waals surface area contributed by atoms with Gasteiger partial charge in [0, 0.05) is 12.0 Å². The van der Waals surface area contributed by atoms with Gasteiger partial charge >= 0.3 is 0 Å². The molecule has 1 N–H and O–H groups in total. The summed E-state index contributed by atoms with van der Waals surface area (Å²) in [4.78, 5) is 0. The lowest BCUT2D eigenvalue weighted by molar-refractivity contribution is -0.122. The van der Waals surface area contributed by atoms with Gasteiger partial charge in [0.2, 0.25) is 0 Å². The van der Waals surface area contributed by atoms with E-state index in [-0.39, 0.29) is 29.8 Å². The van der Waals surface area contributed by atoms with Crippen molar-refractivity contribution in [3.8, 4) is 0 Å². The fraction of sp³-hybridized carbons (Fsp3) is 1.00. The van der Waals surface area contributed by atoms with Gasteiger partial charge in [-0.2, -0.15) is 0 Å². The molecule has 0 fully saturated rings. The Morgan fingerprint density at radius 3 is 1.65 bits per heavy atom. The number of hydrogen-bond donors (Lipinski definition) is 1. The molecule has 0 saturated heterocycles. The van der Waals surface area contributed by atoms with E-state index in [0.29, 0.717) is 26.2 Å². The standard InChI is InChI=1S/C16H34O4/c1-13(2)18-10-16(7,11-19-14(3)4)12-20-15(5,6)8-9-17/h13-14,17H,8-12H2,1-7H3. The molecule has 0 bridgehead atoms. The monoisotopic (exact) mass is 290 g/mol. The van der Waals surface area contributed by atoms with Crippen molar-refractivity contribution in [2.45, 2.75) is 72.7 Å². The average molecular weight is 290 g/mol. The molecule has 0 aliphatic rings. The van der Waals surface area contributed by atoms with E-state index in [0.717, 1.165) is 0 Å². The smallest absolute Gasteiger partial charge is 0.0648 e. The molecule has 0 unspecified atom stereocenters. The Balaban J connectivity index is 4.50. The Kier molecular flexibility index (Phi) is 8.91. The third-order valence-electron chi connectivity index (χ3n) is 3.06. The number of rotatable bonds is 11. The largest absolute Gasteiger partial charge is 0.396 e. The van der Waals surface area contributed by atoms with E-state index in [2.05, 4.69) is 6.92 Å². The van der Waals surface area contributed by atoms with Crippen LogP contribution in [0.3, 0.4) is 0 Å². The van der Waals surface area contributed by atoms with Crippen LogP contribution in [0.25, 0.3) is 0 Å². The van der Waals surface area contributed by atoms with Crippen LogP contribution >= 0.6 is 0 Å². The summed E-state index contributed by atoms with van der Waals surface area (Å²) in [5, 5.41) is 9.05. The summed E-state index contributed by atoms with van der Waals surface area (Å²) in [6.45, 7) is 16.1. The molecule has 20 heavy (non-hydrogen) atoms. The lowest BCUT2D eigenvalue weighted by Gasteiger charge is -2.35. The van der Waals surface area contributed by atoms with Crippen LogP contribution in [0, 0.1) is 5.41 Å². The van der Waals surface area contributed by atoms with Crippen molar-refractivity contribution in [3.63, 3.8) is 0 Å². The first-order valence-electron chi connectivity index (χ1n) is 7.58. The molecule has 0 saturated carbocycles. The fourth-order valence-electron chi connectivity index (χ4n) is 1.57. The fourth-order valence-corrected chi connectivity index (χ4v) is 1.57. The maximum Gasteiger partial charge on any atom is 0.0648 e. The molecule has 0 atom stereocenters. The van der Waals surface area contributed by atoms with Gasteiger partial charge in [0.15, 0.2) is 0 Å². The zero-order valence-corrected chi connectivity index (χ0v) is 14.4. The van der Waals surface area contributed by atoms with E-state index < -0.39 is 0 Å². The molecule has 0 spiro atoms. The molecule has 0 aromatic rings. The highest BCUT2D eigenvalue weighted by molar-refractivity contribution is 4.77. The zero-order valence-electron chi connectivity index (χ0n) is 14.4. The molecular formula is C16H34O4. The van der Waals surface area contributed by atoms with Gasteiger partial charge < -0.3 is 19.3 Å². The molecule has 4 nitrogen and oxygen atoms in total. The molecule has 0 heterocycles. The van der Waals surface area contributed by atoms with Gasteiger partial charge in [-0.1, -0.05) is 6.92 Å². The van der Waals surface area contributed by atoms with Crippen LogP contribution in [0.4, 0.5) is 0 Å². The highest BCUT2D eigenvalue weighted by Gasteiger charge is 2.30. The third-order valence-corrected chi connectivity index (χ3v) is 3.06. The van der Waals surface area contributed by atoms with Crippen LogP contribution in [-0.2, 0) is 14.2 Å². The van der Waals surface area contributed by atoms with E-state index in [4.69, 9.17) is 19.3 Å². The normalized spacial score (nSPS) is 13.5. The Bertz CT molecular complexity index is 237. The predicted octanol–water partition coefficient (Wildman–Crippen LogP) is 3.02. The van der Waals surface area contributed by atoms with Gasteiger partial charge in [-0.15, -0.1) is 0 Å². The third kappa shape index (κ3) is 9.70. The summed E-state index contributed by atoms with van der Waals surface area (Å²) in [6, 6.07) is 0. The van der Waals surface area contributed by atoms with Gasteiger partial charge in [0.05, 0.1) is 37.6 Å². The molecule has 0 rings (SSSR count). The van der Waals surface area contributed by atoms with Crippen molar-refractivity contribution in [1.29, 1.82) is 0 Å². The molecule has 0 aliphatic carbocycles. The molecular weight excluding hydrogens is 256 g/mol. The number of aliphatic hydroxyl groups is 1. The topological polar surface area (TPSA) is 47.9 Å². The molecule has 0 aliphatic heterocycles. The zero-order chi connectivity index (χ0) is 15.8. The maximum atomic E-state index is 9.05. The Morgan fingerprint density at radius 2 is 1.30 bits per heavy atom. The maximum absolute atomic E-state index is 9.05. The van der Waals surface area contributed by atoms with Crippen LogP contribution < -0.4 is 0 Å². The first-order valence-corrected chi connectivity index (χ1v) is 7.58. The van der Waals surface area contributed by atoms with Gasteiger partial charge in [-0.3, -0.25) is 0 Å². The van der Waals surface area contributed by atoms with Gasteiger partial charge in [0.1, 0.15) is 0 Å². The van der Waals surface area contributed by atoms with Crippen molar-refractivity contribution < 1.29 is 19.3 Å². The summed E-state index contributed by atoms with van der Waals surface area (Å²) in [5.74, 6) is 0. The first-order chi connectivity index (χ1) is 9.10. The van der Waals surface area contributed by atoms with E-state index in [1.54, 1.807) is 0 Å². The molecule has 0 aromatic carbocycles. The minimum Gasteiger partial charge on any atom is -0.396 e. The van der Waals surface area contributed by atoms with E-state index >= 15 is 0 Å². The van der Waals surface area contributed by atoms with Crippen molar-refractivity contribution >= 4 is 0 Å². The Labute approximate surface area is 124 Å². The number of hydrogen-bond acceptors (Lipinski definition) is 4. The van der Waals surface area contributed by atoms with Crippen LogP contribution in [0.5, 0.6) is 0 Å². The van der Waals surface area contributed by atoms with E-state index in [1.807, 2.05) is 41.5 Å². The first kappa shape index (κ1) is 19.8. The number of aliphatic hydroxyl groups excluding tert-OH is 1. The van der Waals surface area contributed by atoms with Gasteiger partial charge in [-0.05, 0) is 48.0 Å². The second-order valence-corrected chi connectivity index (χ2v) is 7.05. The van der Waals surface area contributed by atoms with Crippen LogP contribution in [0.2, 0.25) is 0 Å². The van der Waals surface area contributed by atoms with Crippen molar-refractivity contribution in [2.24, 2.45) is 5.41 Å². The highest BCUT2D eigenvalue weighted by atomic mass is 16.5. The van der Waals surface area contributed by atoms with Crippen LogP contribution in [0.15, 0.2) is 0 Å². The SMILES string of the molecule is CC(C)OCC(C)(COC(C)C)COC(C)(C)CCO. The molecule has 122 valence electrons.